The number of carboxylic acids is 1. The van der Waals surface area contributed by atoms with Gasteiger partial charge in [-0.1, -0.05) is 33.6 Å². The third kappa shape index (κ3) is 3.74. The predicted octanol–water partition coefficient (Wildman–Crippen LogP) is 4.06. The maximum Gasteiger partial charge on any atom is 0.328 e. The molecule has 0 aliphatic carbocycles. The normalized spacial score (nSPS) is 11.2. The second-order valence-corrected chi connectivity index (χ2v) is 5.95. The van der Waals surface area contributed by atoms with Gasteiger partial charge in [0.1, 0.15) is 5.82 Å². The van der Waals surface area contributed by atoms with Crippen molar-refractivity contribution in [2.24, 2.45) is 0 Å². The van der Waals surface area contributed by atoms with Crippen LogP contribution in [0.1, 0.15) is 22.8 Å². The largest absolute Gasteiger partial charge is 0.478 e. The van der Waals surface area contributed by atoms with Crippen LogP contribution in [0.15, 0.2) is 28.7 Å². The lowest BCUT2D eigenvalue weighted by Crippen LogP contribution is -2.05. The first-order chi connectivity index (χ1) is 9.88. The molecule has 1 aromatic carbocycles. The highest BCUT2D eigenvalue weighted by atomic mass is 79.9. The summed E-state index contributed by atoms with van der Waals surface area (Å²) in [5.74, 6) is -0.169. The molecule has 0 spiro atoms. The van der Waals surface area contributed by atoms with Gasteiger partial charge in [-0.05, 0) is 37.6 Å². The maximum absolute atomic E-state index is 10.7. The summed E-state index contributed by atoms with van der Waals surface area (Å²) in [6.07, 6.45) is 2.67. The summed E-state index contributed by atoms with van der Waals surface area (Å²) in [6, 6.07) is 5.70. The lowest BCUT2D eigenvalue weighted by atomic mass is 10.2. The zero-order valence-corrected chi connectivity index (χ0v) is 13.9. The number of halogens is 2. The fourth-order valence-corrected chi connectivity index (χ4v) is 2.84. The van der Waals surface area contributed by atoms with Gasteiger partial charge in [-0.15, -0.1) is 0 Å². The van der Waals surface area contributed by atoms with Crippen molar-refractivity contribution >= 4 is 39.6 Å². The molecule has 0 aliphatic heterocycles. The van der Waals surface area contributed by atoms with Crippen LogP contribution in [0.3, 0.4) is 0 Å². The van der Waals surface area contributed by atoms with Gasteiger partial charge in [0.25, 0.3) is 0 Å². The number of carbonyl (C=O) groups is 1. The number of imidazole rings is 1. The van der Waals surface area contributed by atoms with Crippen LogP contribution in [0.5, 0.6) is 0 Å². The summed E-state index contributed by atoms with van der Waals surface area (Å²) < 4.78 is 2.87. The van der Waals surface area contributed by atoms with Gasteiger partial charge in [-0.3, -0.25) is 0 Å². The van der Waals surface area contributed by atoms with Crippen molar-refractivity contribution in [1.29, 1.82) is 0 Å². The number of aromatic nitrogens is 2. The van der Waals surface area contributed by atoms with E-state index < -0.39 is 5.97 Å². The minimum absolute atomic E-state index is 0.540. The average Bonchev–Trinajstić information content (AvgIpc) is 2.65. The first-order valence-corrected chi connectivity index (χ1v) is 7.44. The van der Waals surface area contributed by atoms with E-state index in [0.717, 1.165) is 33.3 Å². The molecule has 6 heteroatoms. The Balaban J connectivity index is 2.41. The van der Waals surface area contributed by atoms with Crippen molar-refractivity contribution in [3.8, 4) is 0 Å². The van der Waals surface area contributed by atoms with Crippen LogP contribution in [0.2, 0.25) is 5.02 Å². The fraction of sp³-hybridized carbons (Fsp3) is 0.200. The molecule has 0 bridgehead atoms. The number of aliphatic carboxylic acids is 1. The number of rotatable bonds is 4. The minimum atomic E-state index is -0.985. The number of aryl methyl sites for hydroxylation is 2. The van der Waals surface area contributed by atoms with Crippen LogP contribution < -0.4 is 0 Å². The molecule has 110 valence electrons. The summed E-state index contributed by atoms with van der Waals surface area (Å²) in [6.45, 7) is 4.28. The molecule has 1 aromatic heterocycles. The van der Waals surface area contributed by atoms with Crippen LogP contribution in [-0.4, -0.2) is 20.6 Å². The number of benzene rings is 1. The van der Waals surface area contributed by atoms with Crippen molar-refractivity contribution in [3.63, 3.8) is 0 Å². The van der Waals surface area contributed by atoms with Gasteiger partial charge in [-0.25, -0.2) is 9.78 Å². The third-order valence-electron chi connectivity index (χ3n) is 3.11. The van der Waals surface area contributed by atoms with E-state index in [1.807, 2.05) is 36.6 Å². The van der Waals surface area contributed by atoms with Crippen molar-refractivity contribution < 1.29 is 9.90 Å². The Bertz CT molecular complexity index is 723. The van der Waals surface area contributed by atoms with Crippen molar-refractivity contribution in [3.05, 3.63) is 56.5 Å². The molecule has 1 N–H and O–H groups in total. The molecular formula is C15H14BrClN2O2. The molecule has 2 aromatic rings. The monoisotopic (exact) mass is 368 g/mol. The average molecular weight is 370 g/mol. The highest BCUT2D eigenvalue weighted by molar-refractivity contribution is 9.10. The summed E-state index contributed by atoms with van der Waals surface area (Å²) in [4.78, 5) is 15.1. The summed E-state index contributed by atoms with van der Waals surface area (Å²) in [5.41, 5.74) is 2.51. The molecule has 4 nitrogen and oxygen atoms in total. The summed E-state index contributed by atoms with van der Waals surface area (Å²) in [7, 11) is 0. The third-order valence-corrected chi connectivity index (χ3v) is 3.95. The minimum Gasteiger partial charge on any atom is -0.478 e. The molecule has 0 saturated carbocycles. The van der Waals surface area contributed by atoms with E-state index in [-0.39, 0.29) is 0 Å². The molecule has 2 rings (SSSR count). The lowest BCUT2D eigenvalue weighted by Gasteiger charge is -2.10. The second kappa shape index (κ2) is 6.45. The molecule has 1 heterocycles. The van der Waals surface area contributed by atoms with Crippen LogP contribution in [0, 0.1) is 13.8 Å². The van der Waals surface area contributed by atoms with E-state index in [9.17, 15) is 4.79 Å². The Morgan fingerprint density at radius 2 is 2.19 bits per heavy atom. The first-order valence-electron chi connectivity index (χ1n) is 6.27. The van der Waals surface area contributed by atoms with Crippen molar-refractivity contribution in [2.45, 2.75) is 20.4 Å². The Labute approximate surface area is 136 Å². The van der Waals surface area contributed by atoms with Crippen LogP contribution in [0.4, 0.5) is 0 Å². The van der Waals surface area contributed by atoms with Gasteiger partial charge in [0, 0.05) is 15.6 Å². The smallest absolute Gasteiger partial charge is 0.328 e. The van der Waals surface area contributed by atoms with Gasteiger partial charge < -0.3 is 9.67 Å². The maximum atomic E-state index is 10.7. The van der Waals surface area contributed by atoms with Crippen LogP contribution in [-0.2, 0) is 11.3 Å². The first kappa shape index (κ1) is 15.8. The molecule has 0 aliphatic rings. The molecule has 0 unspecified atom stereocenters. The molecule has 0 radical (unpaired) electrons. The zero-order chi connectivity index (χ0) is 15.6. The van der Waals surface area contributed by atoms with E-state index in [1.165, 1.54) is 0 Å². The number of hydrogen-bond donors (Lipinski definition) is 1. The van der Waals surface area contributed by atoms with Gasteiger partial charge in [0.2, 0.25) is 0 Å². The SMILES string of the molecule is Cc1nc(C)n(Cc2ccc(Br)cc2Cl)c1C=CC(=O)O. The van der Waals surface area contributed by atoms with Gasteiger partial charge in [0.15, 0.2) is 0 Å². The Hall–Kier alpha value is -1.59. The van der Waals surface area contributed by atoms with E-state index in [1.54, 1.807) is 6.08 Å². The Kier molecular flexibility index (Phi) is 4.85. The van der Waals surface area contributed by atoms with E-state index in [4.69, 9.17) is 16.7 Å². The van der Waals surface area contributed by atoms with Crippen molar-refractivity contribution in [2.75, 3.05) is 0 Å². The highest BCUT2D eigenvalue weighted by Crippen LogP contribution is 2.24. The van der Waals surface area contributed by atoms with Crippen LogP contribution >= 0.6 is 27.5 Å². The zero-order valence-electron chi connectivity index (χ0n) is 11.6. The highest BCUT2D eigenvalue weighted by Gasteiger charge is 2.11. The lowest BCUT2D eigenvalue weighted by molar-refractivity contribution is -0.131. The standard InChI is InChI=1S/C15H14BrClN2O2/c1-9-14(5-6-15(20)21)19(10(2)18-9)8-11-3-4-12(16)7-13(11)17/h3-7H,8H2,1-2H3,(H,20,21). The number of carboxylic acid groups (broad SMARTS) is 1. The van der Waals surface area contributed by atoms with Gasteiger partial charge >= 0.3 is 5.97 Å². The molecule has 21 heavy (non-hydrogen) atoms. The van der Waals surface area contributed by atoms with Gasteiger partial charge in [-0.2, -0.15) is 0 Å². The topological polar surface area (TPSA) is 55.1 Å². The fourth-order valence-electron chi connectivity index (χ4n) is 2.11. The van der Waals surface area contributed by atoms with E-state index >= 15 is 0 Å². The molecule has 0 fully saturated rings. The predicted molar refractivity (Wildman–Crippen MR) is 86.6 cm³/mol. The molecular weight excluding hydrogens is 356 g/mol. The van der Waals surface area contributed by atoms with Crippen LogP contribution in [0.25, 0.3) is 6.08 Å². The Morgan fingerprint density at radius 3 is 2.81 bits per heavy atom. The van der Waals surface area contributed by atoms with E-state index in [2.05, 4.69) is 20.9 Å². The van der Waals surface area contributed by atoms with Gasteiger partial charge in [0.05, 0.1) is 17.9 Å². The number of nitrogens with zero attached hydrogens (tertiary/aromatic N) is 2. The summed E-state index contributed by atoms with van der Waals surface area (Å²) in [5, 5.41) is 9.44. The number of hydrogen-bond acceptors (Lipinski definition) is 2. The molecule has 0 saturated heterocycles. The quantitative estimate of drug-likeness (QED) is 0.827. The molecule has 0 amide bonds. The molecule has 0 atom stereocenters. The Morgan fingerprint density at radius 1 is 1.48 bits per heavy atom. The second-order valence-electron chi connectivity index (χ2n) is 4.62. The van der Waals surface area contributed by atoms with Crippen molar-refractivity contribution in [1.82, 2.24) is 9.55 Å². The van der Waals surface area contributed by atoms with E-state index in [0.29, 0.717) is 11.6 Å². The summed E-state index contributed by atoms with van der Waals surface area (Å²) >= 11 is 9.62.